The maximum Gasteiger partial charge on any atom is 0.272 e. The highest BCUT2D eigenvalue weighted by atomic mass is 35.5. The molecular weight excluding hydrogens is 330 g/mol. The number of carbonyl (C=O) groups is 1. The smallest absolute Gasteiger partial charge is 0.272 e. The predicted molar refractivity (Wildman–Crippen MR) is 94.6 cm³/mol. The van der Waals surface area contributed by atoms with E-state index in [2.05, 4.69) is 39.6 Å². The van der Waals surface area contributed by atoms with Crippen LogP contribution in [0.25, 0.3) is 0 Å². The average Bonchev–Trinajstić information content (AvgIpc) is 2.94. The number of rotatable bonds is 5. The molecule has 3 rings (SSSR count). The summed E-state index contributed by atoms with van der Waals surface area (Å²) in [5, 5.41) is 13.4. The summed E-state index contributed by atoms with van der Waals surface area (Å²) >= 11 is 0. The van der Waals surface area contributed by atoms with Crippen LogP contribution in [0.2, 0.25) is 0 Å². The first-order valence-electron chi connectivity index (χ1n) is 8.56. The highest BCUT2D eigenvalue weighted by molar-refractivity contribution is 5.94. The summed E-state index contributed by atoms with van der Waals surface area (Å²) in [7, 11) is 0. The van der Waals surface area contributed by atoms with Crippen molar-refractivity contribution in [1.82, 2.24) is 25.7 Å². The fraction of sp³-hybridized carbons (Fsp3) is 0.750. The van der Waals surface area contributed by atoms with Gasteiger partial charge in [0.2, 0.25) is 0 Å². The average molecular weight is 358 g/mol. The molecule has 3 heterocycles. The van der Waals surface area contributed by atoms with Gasteiger partial charge in [0.15, 0.2) is 5.69 Å². The molecule has 7 nitrogen and oxygen atoms in total. The van der Waals surface area contributed by atoms with Gasteiger partial charge in [-0.15, -0.1) is 12.4 Å². The van der Waals surface area contributed by atoms with Crippen LogP contribution in [0.5, 0.6) is 0 Å². The molecule has 1 aromatic rings. The molecule has 0 bridgehead atoms. The molecule has 1 amide bonds. The van der Waals surface area contributed by atoms with Gasteiger partial charge in [-0.2, -0.15) is 5.10 Å². The Morgan fingerprint density at radius 2 is 2.12 bits per heavy atom. The summed E-state index contributed by atoms with van der Waals surface area (Å²) in [5.41, 5.74) is 2.65. The number of carbonyl (C=O) groups excluding carboxylic acids is 1. The fourth-order valence-electron chi connectivity index (χ4n) is 3.47. The van der Waals surface area contributed by atoms with Gasteiger partial charge in [0.05, 0.1) is 12.2 Å². The lowest BCUT2D eigenvalue weighted by Gasteiger charge is -2.35. The third-order valence-electron chi connectivity index (χ3n) is 4.45. The molecule has 8 heteroatoms. The number of aromatic amines is 1. The lowest BCUT2D eigenvalue weighted by molar-refractivity contribution is -0.0679. The number of H-pyrrole nitrogens is 1. The first kappa shape index (κ1) is 19.2. The molecule has 136 valence electrons. The van der Waals surface area contributed by atoms with Gasteiger partial charge >= 0.3 is 0 Å². The van der Waals surface area contributed by atoms with Gasteiger partial charge in [0.1, 0.15) is 0 Å². The van der Waals surface area contributed by atoms with Crippen LogP contribution in [0, 0.1) is 0 Å². The van der Waals surface area contributed by atoms with E-state index in [-0.39, 0.29) is 30.5 Å². The first-order valence-corrected chi connectivity index (χ1v) is 8.56. The second-order valence-corrected chi connectivity index (χ2v) is 6.58. The Morgan fingerprint density at radius 3 is 2.88 bits per heavy atom. The number of amides is 1. The molecule has 2 atom stereocenters. The van der Waals surface area contributed by atoms with Crippen molar-refractivity contribution >= 4 is 18.3 Å². The van der Waals surface area contributed by atoms with Crippen LogP contribution in [0.3, 0.4) is 0 Å². The zero-order valence-corrected chi connectivity index (χ0v) is 15.2. The molecule has 2 aliphatic rings. The van der Waals surface area contributed by atoms with Crippen LogP contribution in [0.4, 0.5) is 0 Å². The standard InChI is InChI=1S/C16H27N5O2.ClH/c1-11-9-21(10-12(2)23-11)7-3-5-18-16(22)15-13-8-17-6-4-14(13)19-20-15;/h11-12,17H,3-10H2,1-2H3,(H,18,22)(H,19,20);1H. The molecule has 3 N–H and O–H groups in total. The van der Waals surface area contributed by atoms with Gasteiger partial charge < -0.3 is 15.4 Å². The Balaban J connectivity index is 0.00000208. The molecular formula is C16H28ClN5O2. The van der Waals surface area contributed by atoms with Crippen LogP contribution in [0.15, 0.2) is 0 Å². The van der Waals surface area contributed by atoms with Crippen molar-refractivity contribution in [1.29, 1.82) is 0 Å². The third kappa shape index (κ3) is 4.69. The van der Waals surface area contributed by atoms with E-state index >= 15 is 0 Å². The molecule has 0 aromatic carbocycles. The largest absolute Gasteiger partial charge is 0.373 e. The number of nitrogens with one attached hydrogen (secondary N) is 3. The second kappa shape index (κ2) is 8.80. The summed E-state index contributed by atoms with van der Waals surface area (Å²) in [6, 6.07) is 0. The second-order valence-electron chi connectivity index (χ2n) is 6.58. The number of nitrogens with zero attached hydrogens (tertiary/aromatic N) is 2. The van der Waals surface area contributed by atoms with Gasteiger partial charge in [0, 0.05) is 56.9 Å². The first-order chi connectivity index (χ1) is 11.1. The minimum atomic E-state index is -0.0742. The van der Waals surface area contributed by atoms with Gasteiger partial charge in [-0.25, -0.2) is 0 Å². The van der Waals surface area contributed by atoms with E-state index in [9.17, 15) is 4.79 Å². The van der Waals surface area contributed by atoms with Gasteiger partial charge in [-0.1, -0.05) is 0 Å². The maximum absolute atomic E-state index is 12.3. The quantitative estimate of drug-likeness (QED) is 0.676. The zero-order chi connectivity index (χ0) is 16.2. The van der Waals surface area contributed by atoms with E-state index in [4.69, 9.17) is 4.74 Å². The monoisotopic (exact) mass is 357 g/mol. The molecule has 1 fully saturated rings. The highest BCUT2D eigenvalue weighted by Gasteiger charge is 2.23. The Kier molecular flexibility index (Phi) is 7.03. The van der Waals surface area contributed by atoms with Crippen LogP contribution in [0.1, 0.15) is 42.0 Å². The summed E-state index contributed by atoms with van der Waals surface area (Å²) in [5.74, 6) is -0.0742. The molecule has 1 aromatic heterocycles. The van der Waals surface area contributed by atoms with Crippen molar-refractivity contribution in [2.75, 3.05) is 32.7 Å². The number of ether oxygens (including phenoxy) is 1. The fourth-order valence-corrected chi connectivity index (χ4v) is 3.47. The number of morpholine rings is 1. The topological polar surface area (TPSA) is 82.3 Å². The number of hydrogen-bond donors (Lipinski definition) is 3. The highest BCUT2D eigenvalue weighted by Crippen LogP contribution is 2.15. The number of fused-ring (bicyclic) bond motifs is 1. The number of aromatic nitrogens is 2. The summed E-state index contributed by atoms with van der Waals surface area (Å²) in [6.07, 6.45) is 2.42. The van der Waals surface area contributed by atoms with Gasteiger partial charge in [-0.05, 0) is 20.3 Å². The lowest BCUT2D eigenvalue weighted by atomic mass is 10.1. The Bertz CT molecular complexity index is 541. The molecule has 2 unspecified atom stereocenters. The van der Waals surface area contributed by atoms with Crippen LogP contribution < -0.4 is 10.6 Å². The summed E-state index contributed by atoms with van der Waals surface area (Å²) < 4.78 is 5.73. The molecule has 24 heavy (non-hydrogen) atoms. The van der Waals surface area contributed by atoms with E-state index in [1.54, 1.807) is 0 Å². The van der Waals surface area contributed by atoms with Crippen molar-refractivity contribution in [3.05, 3.63) is 17.0 Å². The molecule has 0 spiro atoms. The van der Waals surface area contributed by atoms with Crippen molar-refractivity contribution in [3.63, 3.8) is 0 Å². The maximum atomic E-state index is 12.3. The Hall–Kier alpha value is -1.15. The van der Waals surface area contributed by atoms with Crippen LogP contribution in [-0.4, -0.2) is 65.9 Å². The van der Waals surface area contributed by atoms with Crippen molar-refractivity contribution < 1.29 is 9.53 Å². The van der Waals surface area contributed by atoms with E-state index in [1.807, 2.05) is 0 Å². The normalized spacial score (nSPS) is 24.1. The number of halogens is 1. The SMILES string of the molecule is CC1CN(CCCNC(=O)c2n[nH]c3c2CNCC3)CC(C)O1.Cl. The van der Waals surface area contributed by atoms with E-state index in [0.717, 1.165) is 56.8 Å². The summed E-state index contributed by atoms with van der Waals surface area (Å²) in [6.45, 7) is 9.48. The summed E-state index contributed by atoms with van der Waals surface area (Å²) in [4.78, 5) is 14.7. The molecule has 0 radical (unpaired) electrons. The predicted octanol–water partition coefficient (Wildman–Crippen LogP) is 0.706. The van der Waals surface area contributed by atoms with Crippen LogP contribution in [-0.2, 0) is 17.7 Å². The molecule has 2 aliphatic heterocycles. The minimum absolute atomic E-state index is 0. The van der Waals surface area contributed by atoms with Gasteiger partial charge in [0.25, 0.3) is 5.91 Å². The zero-order valence-electron chi connectivity index (χ0n) is 14.4. The van der Waals surface area contributed by atoms with Crippen LogP contribution >= 0.6 is 12.4 Å². The van der Waals surface area contributed by atoms with E-state index < -0.39 is 0 Å². The number of hydrogen-bond acceptors (Lipinski definition) is 5. The van der Waals surface area contributed by atoms with E-state index in [1.165, 1.54) is 0 Å². The molecule has 0 saturated carbocycles. The third-order valence-corrected chi connectivity index (χ3v) is 4.45. The van der Waals surface area contributed by atoms with Crippen molar-refractivity contribution in [2.24, 2.45) is 0 Å². The van der Waals surface area contributed by atoms with Crippen molar-refractivity contribution in [2.45, 2.75) is 45.4 Å². The molecule has 0 aliphatic carbocycles. The van der Waals surface area contributed by atoms with Crippen molar-refractivity contribution in [3.8, 4) is 0 Å². The molecule has 1 saturated heterocycles. The Morgan fingerprint density at radius 1 is 1.38 bits per heavy atom. The Labute approximate surface area is 149 Å². The van der Waals surface area contributed by atoms with E-state index in [0.29, 0.717) is 12.2 Å². The van der Waals surface area contributed by atoms with Gasteiger partial charge in [-0.3, -0.25) is 14.8 Å². The minimum Gasteiger partial charge on any atom is -0.373 e. The lowest BCUT2D eigenvalue weighted by Crippen LogP contribution is -2.46.